The number of methoxy groups -OCH3 is 1. The number of rotatable bonds is 2. The number of nitrogens with zero attached hydrogens (tertiary/aromatic N) is 4. The molecule has 0 aliphatic heterocycles. The van der Waals surface area contributed by atoms with Gasteiger partial charge in [-0.1, -0.05) is 12.1 Å². The van der Waals surface area contributed by atoms with Crippen LogP contribution in [0.1, 0.15) is 21.7 Å². The quantitative estimate of drug-likeness (QED) is 0.370. The van der Waals surface area contributed by atoms with Crippen molar-refractivity contribution >= 4 is 22.6 Å². The van der Waals surface area contributed by atoms with Gasteiger partial charge in [-0.15, -0.1) is 5.10 Å². The average molecular weight is 404 g/mol. The molecule has 10 heteroatoms. The highest BCUT2D eigenvalue weighted by atomic mass is 19.4. The van der Waals surface area contributed by atoms with E-state index in [0.717, 1.165) is 17.7 Å². The summed E-state index contributed by atoms with van der Waals surface area (Å²) < 4.78 is 59.4. The molecule has 29 heavy (non-hydrogen) atoms. The predicted molar refractivity (Wildman–Crippen MR) is 94.8 cm³/mol. The zero-order valence-corrected chi connectivity index (χ0v) is 15.1. The second-order valence-electron chi connectivity index (χ2n) is 6.25. The van der Waals surface area contributed by atoms with Crippen LogP contribution in [0.3, 0.4) is 0 Å². The Kier molecular flexibility index (Phi) is 4.21. The highest BCUT2D eigenvalue weighted by molar-refractivity contribution is 5.97. The molecule has 1 aromatic carbocycles. The van der Waals surface area contributed by atoms with Crippen LogP contribution in [0.2, 0.25) is 0 Å². The molecule has 0 saturated heterocycles. The van der Waals surface area contributed by atoms with Crippen LogP contribution in [0.15, 0.2) is 36.4 Å². The summed E-state index contributed by atoms with van der Waals surface area (Å²) >= 11 is 0. The third-order valence-corrected chi connectivity index (χ3v) is 4.38. The van der Waals surface area contributed by atoms with Crippen LogP contribution in [-0.2, 0) is 10.9 Å². The summed E-state index contributed by atoms with van der Waals surface area (Å²) in [5.41, 5.74) is -0.961. The van der Waals surface area contributed by atoms with E-state index in [9.17, 15) is 22.4 Å². The van der Waals surface area contributed by atoms with Crippen LogP contribution in [0.5, 0.6) is 0 Å². The van der Waals surface area contributed by atoms with Gasteiger partial charge >= 0.3 is 12.1 Å². The maximum atomic E-state index is 14.3. The fraction of sp³-hybridized carbons (Fsp3) is 0.158. The second-order valence-corrected chi connectivity index (χ2v) is 6.25. The first-order valence-corrected chi connectivity index (χ1v) is 8.32. The van der Waals surface area contributed by atoms with Crippen molar-refractivity contribution in [2.45, 2.75) is 13.1 Å². The number of pyridine rings is 1. The van der Waals surface area contributed by atoms with Gasteiger partial charge in [0.15, 0.2) is 17.0 Å². The number of aromatic nitrogens is 4. The number of fused-ring (bicyclic) bond motifs is 3. The van der Waals surface area contributed by atoms with Crippen molar-refractivity contribution in [2.75, 3.05) is 7.11 Å². The number of hydrogen-bond acceptors (Lipinski definition) is 5. The van der Waals surface area contributed by atoms with Gasteiger partial charge in [0, 0.05) is 5.56 Å². The molecule has 3 heterocycles. The third-order valence-electron chi connectivity index (χ3n) is 4.38. The molecule has 4 rings (SSSR count). The first-order chi connectivity index (χ1) is 13.7. The summed E-state index contributed by atoms with van der Waals surface area (Å²) in [6, 6.07) is 7.94. The maximum Gasteiger partial charge on any atom is 0.433 e. The van der Waals surface area contributed by atoms with E-state index < -0.39 is 23.7 Å². The molecule has 0 spiro atoms. The van der Waals surface area contributed by atoms with Crippen molar-refractivity contribution in [3.8, 4) is 11.3 Å². The molecular formula is C19H12F4N4O2. The van der Waals surface area contributed by atoms with Crippen LogP contribution < -0.4 is 0 Å². The highest BCUT2D eigenvalue weighted by Crippen LogP contribution is 2.33. The molecule has 0 bridgehead atoms. The van der Waals surface area contributed by atoms with E-state index in [0.29, 0.717) is 0 Å². The normalized spacial score (nSPS) is 11.9. The van der Waals surface area contributed by atoms with Crippen LogP contribution in [-0.4, -0.2) is 32.7 Å². The fourth-order valence-electron chi connectivity index (χ4n) is 3.06. The maximum absolute atomic E-state index is 14.3. The molecule has 6 nitrogen and oxygen atoms in total. The Morgan fingerprint density at radius 1 is 1.14 bits per heavy atom. The number of alkyl halides is 3. The lowest BCUT2D eigenvalue weighted by Gasteiger charge is -2.08. The topological polar surface area (TPSA) is 69.4 Å². The highest BCUT2D eigenvalue weighted by Gasteiger charge is 2.34. The molecule has 0 radical (unpaired) electrons. The van der Waals surface area contributed by atoms with Gasteiger partial charge in [-0.3, -0.25) is 0 Å². The minimum Gasteiger partial charge on any atom is -0.464 e. The van der Waals surface area contributed by atoms with Gasteiger partial charge in [-0.05, 0) is 36.8 Å². The summed E-state index contributed by atoms with van der Waals surface area (Å²) in [4.78, 5) is 20.2. The Balaban J connectivity index is 2.11. The minimum absolute atomic E-state index is 0.0693. The molecule has 3 aromatic heterocycles. The fourth-order valence-corrected chi connectivity index (χ4v) is 3.06. The Labute approximate surface area is 160 Å². The SMILES string of the molecule is COC(=O)c1cc(-c2ccccc2F)nc2c3c(C)cc(C(F)(F)F)nc3nn12. The van der Waals surface area contributed by atoms with E-state index >= 15 is 0 Å². The zero-order valence-electron chi connectivity index (χ0n) is 15.1. The summed E-state index contributed by atoms with van der Waals surface area (Å²) in [7, 11) is 1.14. The Morgan fingerprint density at radius 2 is 1.86 bits per heavy atom. The van der Waals surface area contributed by atoms with E-state index in [2.05, 4.69) is 15.1 Å². The van der Waals surface area contributed by atoms with Gasteiger partial charge < -0.3 is 4.74 Å². The zero-order chi connectivity index (χ0) is 20.9. The second kappa shape index (κ2) is 6.50. The van der Waals surface area contributed by atoms with E-state index in [4.69, 9.17) is 4.74 Å². The summed E-state index contributed by atoms with van der Waals surface area (Å²) in [6.07, 6.45) is -4.66. The largest absolute Gasteiger partial charge is 0.464 e. The van der Waals surface area contributed by atoms with E-state index in [1.54, 1.807) is 6.07 Å². The average Bonchev–Trinajstić information content (AvgIpc) is 3.05. The van der Waals surface area contributed by atoms with Crippen LogP contribution in [0.4, 0.5) is 17.6 Å². The summed E-state index contributed by atoms with van der Waals surface area (Å²) in [5.74, 6) is -1.38. The Bertz CT molecular complexity index is 1280. The number of carbonyl (C=O) groups excluding carboxylic acids is 1. The molecule has 0 unspecified atom stereocenters. The van der Waals surface area contributed by atoms with E-state index in [1.807, 2.05) is 0 Å². The monoisotopic (exact) mass is 404 g/mol. The number of esters is 1. The van der Waals surface area contributed by atoms with Crippen LogP contribution in [0.25, 0.3) is 27.9 Å². The van der Waals surface area contributed by atoms with Crippen LogP contribution >= 0.6 is 0 Å². The lowest BCUT2D eigenvalue weighted by molar-refractivity contribution is -0.141. The van der Waals surface area contributed by atoms with Crippen molar-refractivity contribution in [2.24, 2.45) is 0 Å². The minimum atomic E-state index is -4.66. The summed E-state index contributed by atoms with van der Waals surface area (Å²) in [6.45, 7) is 1.45. The molecule has 0 atom stereocenters. The smallest absolute Gasteiger partial charge is 0.433 e. The lowest BCUT2D eigenvalue weighted by Crippen LogP contribution is -2.11. The Hall–Kier alpha value is -3.56. The van der Waals surface area contributed by atoms with Gasteiger partial charge in [-0.25, -0.2) is 23.7 Å². The molecule has 0 aliphatic carbocycles. The molecule has 148 valence electrons. The molecular weight excluding hydrogens is 392 g/mol. The number of carbonyl (C=O) groups is 1. The van der Waals surface area contributed by atoms with Crippen LogP contribution in [0, 0.1) is 12.7 Å². The first kappa shape index (κ1) is 18.8. The molecule has 4 aromatic rings. The van der Waals surface area contributed by atoms with Gasteiger partial charge in [0.1, 0.15) is 11.5 Å². The van der Waals surface area contributed by atoms with E-state index in [1.165, 1.54) is 31.2 Å². The Morgan fingerprint density at radius 3 is 2.52 bits per heavy atom. The van der Waals surface area contributed by atoms with Crippen molar-refractivity contribution in [3.63, 3.8) is 0 Å². The molecule has 0 aliphatic rings. The van der Waals surface area contributed by atoms with E-state index in [-0.39, 0.29) is 39.2 Å². The number of aryl methyl sites for hydroxylation is 1. The number of hydrogen-bond donors (Lipinski definition) is 0. The van der Waals surface area contributed by atoms with Gasteiger partial charge in [0.25, 0.3) is 0 Å². The summed E-state index contributed by atoms with van der Waals surface area (Å²) in [5, 5.41) is 4.25. The van der Waals surface area contributed by atoms with Crippen molar-refractivity contribution in [1.82, 2.24) is 19.6 Å². The number of halogens is 4. The third kappa shape index (κ3) is 3.06. The van der Waals surface area contributed by atoms with Crippen molar-refractivity contribution in [1.29, 1.82) is 0 Å². The van der Waals surface area contributed by atoms with Gasteiger partial charge in [0.05, 0.1) is 18.2 Å². The number of ether oxygens (including phenoxy) is 1. The number of benzene rings is 1. The first-order valence-electron chi connectivity index (χ1n) is 8.32. The predicted octanol–water partition coefficient (Wildman–Crippen LogP) is 4.20. The van der Waals surface area contributed by atoms with Crippen molar-refractivity contribution < 1.29 is 27.1 Å². The molecule has 0 fully saturated rings. The molecule has 0 saturated carbocycles. The van der Waals surface area contributed by atoms with Gasteiger partial charge in [0.2, 0.25) is 0 Å². The standard InChI is InChI=1S/C19H12F4N4O2/c1-9-7-14(19(21,22)23)25-16-15(9)17-24-12(10-5-3-4-6-11(10)20)8-13(18(28)29-2)27(17)26-16/h3-8H,1-2H3. The lowest BCUT2D eigenvalue weighted by atomic mass is 10.1. The van der Waals surface area contributed by atoms with Crippen molar-refractivity contribution in [3.05, 3.63) is 59.2 Å². The molecule has 0 N–H and O–H groups in total. The van der Waals surface area contributed by atoms with Gasteiger partial charge in [-0.2, -0.15) is 13.2 Å². The molecule has 0 amide bonds.